The average molecular weight is 307 g/mol. The lowest BCUT2D eigenvalue weighted by Crippen LogP contribution is -2.01. The van der Waals surface area contributed by atoms with E-state index in [1.165, 1.54) is 6.07 Å². The topological polar surface area (TPSA) is 78.4 Å². The van der Waals surface area contributed by atoms with Crippen LogP contribution in [0, 0.1) is 10.1 Å². The Balaban J connectivity index is 2.30. The molecule has 0 heterocycles. The first-order valence-corrected chi connectivity index (χ1v) is 6.89. The number of nitro groups is 1. The van der Waals surface area contributed by atoms with Crippen LogP contribution in [0.1, 0.15) is 12.0 Å². The molecule has 0 aliphatic heterocycles. The molecule has 0 aliphatic carbocycles. The largest absolute Gasteiger partial charge is 0.449 e. The van der Waals surface area contributed by atoms with Gasteiger partial charge < -0.3 is 10.5 Å². The van der Waals surface area contributed by atoms with Gasteiger partial charge in [-0.15, -0.1) is 0 Å². The molecule has 0 amide bonds. The van der Waals surface area contributed by atoms with Gasteiger partial charge in [-0.25, -0.2) is 0 Å². The molecule has 5 nitrogen and oxygen atoms in total. The lowest BCUT2D eigenvalue weighted by atomic mass is 10.1. The zero-order chi connectivity index (χ0) is 15.2. The van der Waals surface area contributed by atoms with E-state index in [4.69, 9.17) is 22.1 Å². The van der Waals surface area contributed by atoms with E-state index in [-0.39, 0.29) is 11.4 Å². The number of nitrogens with two attached hydrogens (primary N) is 1. The molecule has 0 bridgehead atoms. The SMILES string of the molecule is NCCCc1ccc(Oc2ccccc2Cl)c([N+](=O)[O-])c1. The third-order valence-corrected chi connectivity index (χ3v) is 3.26. The predicted octanol–water partition coefficient (Wildman–Crippen LogP) is 3.93. The van der Waals surface area contributed by atoms with Gasteiger partial charge in [-0.1, -0.05) is 29.8 Å². The van der Waals surface area contributed by atoms with E-state index >= 15 is 0 Å². The molecule has 110 valence electrons. The highest BCUT2D eigenvalue weighted by atomic mass is 35.5. The first kappa shape index (κ1) is 15.3. The van der Waals surface area contributed by atoms with Crippen LogP contribution in [0.4, 0.5) is 5.69 Å². The number of nitro benzene ring substituents is 1. The van der Waals surface area contributed by atoms with Gasteiger partial charge in [0.15, 0.2) is 0 Å². The van der Waals surface area contributed by atoms with Crippen molar-refractivity contribution in [2.24, 2.45) is 5.73 Å². The monoisotopic (exact) mass is 306 g/mol. The fraction of sp³-hybridized carbons (Fsp3) is 0.200. The van der Waals surface area contributed by atoms with Gasteiger partial charge in [0.2, 0.25) is 5.75 Å². The number of halogens is 1. The molecule has 2 aromatic carbocycles. The number of rotatable bonds is 6. The van der Waals surface area contributed by atoms with E-state index in [1.54, 1.807) is 36.4 Å². The van der Waals surface area contributed by atoms with E-state index in [0.29, 0.717) is 23.7 Å². The summed E-state index contributed by atoms with van der Waals surface area (Å²) in [7, 11) is 0. The smallest absolute Gasteiger partial charge is 0.311 e. The number of para-hydroxylation sites is 1. The summed E-state index contributed by atoms with van der Waals surface area (Å²) in [4.78, 5) is 10.7. The highest BCUT2D eigenvalue weighted by Crippen LogP contribution is 2.35. The highest BCUT2D eigenvalue weighted by Gasteiger charge is 2.17. The van der Waals surface area contributed by atoms with Crippen LogP contribution in [0.2, 0.25) is 5.02 Å². The maximum Gasteiger partial charge on any atom is 0.311 e. The third kappa shape index (κ3) is 3.93. The molecule has 0 radical (unpaired) electrons. The molecule has 0 atom stereocenters. The molecule has 0 fully saturated rings. The number of aryl methyl sites for hydroxylation is 1. The standard InChI is InChI=1S/C15H15ClN2O3/c16-12-5-1-2-6-14(12)21-15-8-7-11(4-3-9-17)10-13(15)18(19)20/h1-2,5-8,10H,3-4,9,17H2. The maximum atomic E-state index is 11.2. The molecule has 2 rings (SSSR count). The van der Waals surface area contributed by atoms with Crippen molar-refractivity contribution >= 4 is 17.3 Å². The van der Waals surface area contributed by atoms with Crippen LogP contribution in [0.5, 0.6) is 11.5 Å². The molecule has 0 aromatic heterocycles. The van der Waals surface area contributed by atoms with Gasteiger partial charge in [-0.2, -0.15) is 0 Å². The van der Waals surface area contributed by atoms with E-state index < -0.39 is 4.92 Å². The van der Waals surface area contributed by atoms with Gasteiger partial charge in [0.05, 0.1) is 9.95 Å². The Kier molecular flexibility index (Phi) is 5.14. The number of benzene rings is 2. The molecule has 6 heteroatoms. The molecule has 0 spiro atoms. The van der Waals surface area contributed by atoms with Crippen LogP contribution >= 0.6 is 11.6 Å². The summed E-state index contributed by atoms with van der Waals surface area (Å²) in [5.41, 5.74) is 6.23. The Morgan fingerprint density at radius 3 is 2.62 bits per heavy atom. The van der Waals surface area contributed by atoms with Crippen molar-refractivity contribution in [3.63, 3.8) is 0 Å². The Bertz CT molecular complexity index is 647. The second-order valence-corrected chi connectivity index (χ2v) is 4.89. The molecule has 2 N–H and O–H groups in total. The average Bonchev–Trinajstić information content (AvgIpc) is 2.48. The van der Waals surface area contributed by atoms with Gasteiger partial charge in [0.25, 0.3) is 0 Å². The summed E-state index contributed by atoms with van der Waals surface area (Å²) >= 11 is 6.00. The van der Waals surface area contributed by atoms with Crippen LogP contribution in [-0.2, 0) is 6.42 Å². The molecular weight excluding hydrogens is 292 g/mol. The maximum absolute atomic E-state index is 11.2. The molecular formula is C15H15ClN2O3. The lowest BCUT2D eigenvalue weighted by molar-refractivity contribution is -0.385. The minimum absolute atomic E-state index is 0.0792. The highest BCUT2D eigenvalue weighted by molar-refractivity contribution is 6.32. The van der Waals surface area contributed by atoms with Gasteiger partial charge in [-0.05, 0) is 43.1 Å². The van der Waals surface area contributed by atoms with Crippen molar-refractivity contribution in [3.05, 3.63) is 63.2 Å². The van der Waals surface area contributed by atoms with Crippen LogP contribution < -0.4 is 10.5 Å². The molecule has 0 saturated carbocycles. The molecule has 2 aromatic rings. The summed E-state index contributed by atoms with van der Waals surface area (Å²) in [6, 6.07) is 11.7. The lowest BCUT2D eigenvalue weighted by Gasteiger charge is -2.09. The second kappa shape index (κ2) is 7.06. The van der Waals surface area contributed by atoms with Crippen LogP contribution in [0.3, 0.4) is 0 Å². The van der Waals surface area contributed by atoms with Crippen molar-refractivity contribution in [2.75, 3.05) is 6.54 Å². The zero-order valence-corrected chi connectivity index (χ0v) is 12.0. The summed E-state index contributed by atoms with van der Waals surface area (Å²) < 4.78 is 5.56. The minimum Gasteiger partial charge on any atom is -0.449 e. The summed E-state index contributed by atoms with van der Waals surface area (Å²) in [5, 5.41) is 11.6. The predicted molar refractivity (Wildman–Crippen MR) is 82.0 cm³/mol. The van der Waals surface area contributed by atoms with Gasteiger partial charge in [-0.3, -0.25) is 10.1 Å². The number of nitrogens with zero attached hydrogens (tertiary/aromatic N) is 1. The summed E-state index contributed by atoms with van der Waals surface area (Å²) in [6.45, 7) is 0.547. The van der Waals surface area contributed by atoms with Gasteiger partial charge in [0.1, 0.15) is 5.75 Å². The van der Waals surface area contributed by atoms with Gasteiger partial charge >= 0.3 is 5.69 Å². The Labute approximate surface area is 127 Å². The number of ether oxygens (including phenoxy) is 1. The van der Waals surface area contributed by atoms with E-state index in [9.17, 15) is 10.1 Å². The Morgan fingerprint density at radius 2 is 1.95 bits per heavy atom. The quantitative estimate of drug-likeness (QED) is 0.648. The fourth-order valence-electron chi connectivity index (χ4n) is 1.90. The summed E-state index contributed by atoms with van der Waals surface area (Å²) in [5.74, 6) is 0.557. The summed E-state index contributed by atoms with van der Waals surface area (Å²) in [6.07, 6.45) is 1.48. The van der Waals surface area contributed by atoms with Crippen LogP contribution in [0.15, 0.2) is 42.5 Å². The fourth-order valence-corrected chi connectivity index (χ4v) is 2.07. The first-order valence-electron chi connectivity index (χ1n) is 6.51. The molecule has 0 saturated heterocycles. The Hall–Kier alpha value is -2.11. The Morgan fingerprint density at radius 1 is 1.19 bits per heavy atom. The second-order valence-electron chi connectivity index (χ2n) is 4.48. The van der Waals surface area contributed by atoms with Crippen LogP contribution in [0.25, 0.3) is 0 Å². The first-order chi connectivity index (χ1) is 10.1. The van der Waals surface area contributed by atoms with Crippen molar-refractivity contribution < 1.29 is 9.66 Å². The van der Waals surface area contributed by atoms with Gasteiger partial charge in [0, 0.05) is 6.07 Å². The molecule has 0 aliphatic rings. The van der Waals surface area contributed by atoms with Crippen molar-refractivity contribution in [1.29, 1.82) is 0 Å². The van der Waals surface area contributed by atoms with Crippen molar-refractivity contribution in [1.82, 2.24) is 0 Å². The van der Waals surface area contributed by atoms with Crippen molar-refractivity contribution in [3.8, 4) is 11.5 Å². The third-order valence-electron chi connectivity index (χ3n) is 2.95. The van der Waals surface area contributed by atoms with E-state index in [0.717, 1.165) is 12.0 Å². The normalized spacial score (nSPS) is 10.4. The molecule has 0 unspecified atom stereocenters. The number of hydrogen-bond acceptors (Lipinski definition) is 4. The van der Waals surface area contributed by atoms with E-state index in [1.807, 2.05) is 0 Å². The minimum atomic E-state index is -0.460. The molecule has 21 heavy (non-hydrogen) atoms. The van der Waals surface area contributed by atoms with Crippen molar-refractivity contribution in [2.45, 2.75) is 12.8 Å². The van der Waals surface area contributed by atoms with Crippen LogP contribution in [-0.4, -0.2) is 11.5 Å². The zero-order valence-electron chi connectivity index (χ0n) is 11.3. The van der Waals surface area contributed by atoms with E-state index in [2.05, 4.69) is 0 Å². The number of hydrogen-bond donors (Lipinski definition) is 1.